The fourth-order valence-electron chi connectivity index (χ4n) is 3.49. The first-order valence-electron chi connectivity index (χ1n) is 9.73. The molecule has 0 saturated heterocycles. The van der Waals surface area contributed by atoms with E-state index in [9.17, 15) is 9.59 Å². The van der Waals surface area contributed by atoms with Crippen molar-refractivity contribution in [3.63, 3.8) is 0 Å². The van der Waals surface area contributed by atoms with Crippen LogP contribution in [-0.2, 0) is 17.8 Å². The van der Waals surface area contributed by atoms with E-state index in [1.165, 1.54) is 5.56 Å². The smallest absolute Gasteiger partial charge is 0.251 e. The molecule has 0 bridgehead atoms. The molecule has 2 N–H and O–H groups in total. The van der Waals surface area contributed by atoms with Crippen LogP contribution in [0.1, 0.15) is 28.1 Å². The largest absolute Gasteiger partial charge is 0.467 e. The summed E-state index contributed by atoms with van der Waals surface area (Å²) in [5, 5.41) is 5.96. The zero-order chi connectivity index (χ0) is 20.1. The molecule has 148 valence electrons. The number of furan rings is 1. The van der Waals surface area contributed by atoms with Crippen LogP contribution < -0.4 is 15.5 Å². The molecule has 1 aromatic heterocycles. The predicted octanol–water partition coefficient (Wildman–Crippen LogP) is 3.60. The van der Waals surface area contributed by atoms with Gasteiger partial charge in [0.15, 0.2) is 0 Å². The fraction of sp³-hybridized carbons (Fsp3) is 0.217. The summed E-state index contributed by atoms with van der Waals surface area (Å²) in [6.45, 7) is 1.29. The Labute approximate surface area is 169 Å². The molecular formula is C23H23N3O3. The molecule has 0 saturated carbocycles. The van der Waals surface area contributed by atoms with Gasteiger partial charge in [0.2, 0.25) is 5.91 Å². The molecule has 0 spiro atoms. The van der Waals surface area contributed by atoms with Gasteiger partial charge >= 0.3 is 0 Å². The molecule has 2 aromatic carbocycles. The lowest BCUT2D eigenvalue weighted by Gasteiger charge is -2.29. The monoisotopic (exact) mass is 389 g/mol. The third-order valence-electron chi connectivity index (χ3n) is 5.01. The van der Waals surface area contributed by atoms with Gasteiger partial charge in [0.05, 0.1) is 19.4 Å². The highest BCUT2D eigenvalue weighted by molar-refractivity contribution is 5.97. The van der Waals surface area contributed by atoms with Crippen molar-refractivity contribution in [2.45, 2.75) is 19.4 Å². The Bertz CT molecular complexity index is 981. The van der Waals surface area contributed by atoms with Gasteiger partial charge in [-0.3, -0.25) is 9.59 Å². The number of hydrogen-bond donors (Lipinski definition) is 2. The second-order valence-electron chi connectivity index (χ2n) is 6.97. The number of nitrogens with zero attached hydrogens (tertiary/aromatic N) is 1. The summed E-state index contributed by atoms with van der Waals surface area (Å²) in [5.74, 6) is 0.570. The SMILES string of the molecule is O=C(NCc1ccco1)c1ccc(NCC(=O)N2CCCc3ccccc32)cc1. The lowest BCUT2D eigenvalue weighted by atomic mass is 10.0. The van der Waals surface area contributed by atoms with E-state index < -0.39 is 0 Å². The lowest BCUT2D eigenvalue weighted by Crippen LogP contribution is -2.39. The summed E-state index contributed by atoms with van der Waals surface area (Å²) in [7, 11) is 0. The van der Waals surface area contributed by atoms with E-state index in [2.05, 4.69) is 16.7 Å². The van der Waals surface area contributed by atoms with Gasteiger partial charge < -0.3 is 20.0 Å². The summed E-state index contributed by atoms with van der Waals surface area (Å²) < 4.78 is 5.20. The Balaban J connectivity index is 1.31. The minimum absolute atomic E-state index is 0.0393. The van der Waals surface area contributed by atoms with Crippen LogP contribution in [-0.4, -0.2) is 24.9 Å². The van der Waals surface area contributed by atoms with Crippen LogP contribution in [0.4, 0.5) is 11.4 Å². The van der Waals surface area contributed by atoms with E-state index in [0.29, 0.717) is 17.9 Å². The molecule has 0 radical (unpaired) electrons. The average molecular weight is 389 g/mol. The Morgan fingerprint density at radius 3 is 2.62 bits per heavy atom. The molecule has 3 aromatic rings. The van der Waals surface area contributed by atoms with Crippen molar-refractivity contribution in [3.8, 4) is 0 Å². The lowest BCUT2D eigenvalue weighted by molar-refractivity contribution is -0.117. The van der Waals surface area contributed by atoms with Gasteiger partial charge in [-0.2, -0.15) is 0 Å². The van der Waals surface area contributed by atoms with Crippen LogP contribution in [0.15, 0.2) is 71.3 Å². The quantitative estimate of drug-likeness (QED) is 0.676. The molecular weight excluding hydrogens is 366 g/mol. The number of rotatable bonds is 6. The standard InChI is InChI=1S/C23H23N3O3/c27-22(26-13-3-6-17-5-1-2-8-21(17)26)16-24-19-11-9-18(10-12-19)23(28)25-15-20-7-4-14-29-20/h1-2,4-5,7-12,14,24H,3,6,13,15-16H2,(H,25,28). The van der Waals surface area contributed by atoms with Crippen molar-refractivity contribution < 1.29 is 14.0 Å². The number of hydrogen-bond acceptors (Lipinski definition) is 4. The van der Waals surface area contributed by atoms with E-state index in [0.717, 1.165) is 30.8 Å². The number of carbonyl (C=O) groups is 2. The van der Waals surface area contributed by atoms with Crippen LogP contribution >= 0.6 is 0 Å². The van der Waals surface area contributed by atoms with Gasteiger partial charge in [0, 0.05) is 23.5 Å². The first-order valence-corrected chi connectivity index (χ1v) is 9.73. The molecule has 1 aliphatic heterocycles. The maximum atomic E-state index is 12.7. The highest BCUT2D eigenvalue weighted by Crippen LogP contribution is 2.26. The summed E-state index contributed by atoms with van der Waals surface area (Å²) in [4.78, 5) is 26.8. The van der Waals surface area contributed by atoms with E-state index in [-0.39, 0.29) is 18.4 Å². The van der Waals surface area contributed by atoms with Crippen LogP contribution in [0.25, 0.3) is 0 Å². The maximum absolute atomic E-state index is 12.7. The molecule has 0 unspecified atom stereocenters. The van der Waals surface area contributed by atoms with Crippen LogP contribution in [0.3, 0.4) is 0 Å². The van der Waals surface area contributed by atoms with Gasteiger partial charge in [-0.1, -0.05) is 18.2 Å². The minimum atomic E-state index is -0.172. The Morgan fingerprint density at radius 2 is 1.83 bits per heavy atom. The van der Waals surface area contributed by atoms with E-state index in [1.807, 2.05) is 29.2 Å². The molecule has 1 aliphatic rings. The number of benzene rings is 2. The number of carbonyl (C=O) groups excluding carboxylic acids is 2. The maximum Gasteiger partial charge on any atom is 0.251 e. The Morgan fingerprint density at radius 1 is 1.00 bits per heavy atom. The number of para-hydroxylation sites is 1. The fourth-order valence-corrected chi connectivity index (χ4v) is 3.49. The topological polar surface area (TPSA) is 74.6 Å². The van der Waals surface area contributed by atoms with Crippen molar-refractivity contribution in [2.24, 2.45) is 0 Å². The molecule has 0 aliphatic carbocycles. The second-order valence-corrected chi connectivity index (χ2v) is 6.97. The third-order valence-corrected chi connectivity index (χ3v) is 5.01. The average Bonchev–Trinajstić information content (AvgIpc) is 3.29. The van der Waals surface area contributed by atoms with Crippen LogP contribution in [0, 0.1) is 0 Å². The summed E-state index contributed by atoms with van der Waals surface area (Å²) in [6.07, 6.45) is 3.56. The molecule has 2 heterocycles. The van der Waals surface area contributed by atoms with E-state index in [4.69, 9.17) is 4.42 Å². The van der Waals surface area contributed by atoms with Crippen molar-refractivity contribution >= 4 is 23.2 Å². The first-order chi connectivity index (χ1) is 14.2. The van der Waals surface area contributed by atoms with Gasteiger partial charge in [-0.25, -0.2) is 0 Å². The number of nitrogens with one attached hydrogen (secondary N) is 2. The first kappa shape index (κ1) is 18.8. The van der Waals surface area contributed by atoms with E-state index in [1.54, 1.807) is 36.6 Å². The van der Waals surface area contributed by atoms with Crippen molar-refractivity contribution in [2.75, 3.05) is 23.3 Å². The minimum Gasteiger partial charge on any atom is -0.467 e. The highest BCUT2D eigenvalue weighted by atomic mass is 16.3. The van der Waals surface area contributed by atoms with Gasteiger partial charge in [-0.15, -0.1) is 0 Å². The van der Waals surface area contributed by atoms with E-state index >= 15 is 0 Å². The van der Waals surface area contributed by atoms with Gasteiger partial charge in [0.25, 0.3) is 5.91 Å². The number of fused-ring (bicyclic) bond motifs is 1. The molecule has 0 atom stereocenters. The van der Waals surface area contributed by atoms with Crippen molar-refractivity contribution in [1.82, 2.24) is 5.32 Å². The summed E-state index contributed by atoms with van der Waals surface area (Å²) in [5.41, 5.74) is 3.58. The molecule has 0 fully saturated rings. The molecule has 29 heavy (non-hydrogen) atoms. The number of amides is 2. The zero-order valence-electron chi connectivity index (χ0n) is 16.1. The molecule has 2 amide bonds. The predicted molar refractivity (Wildman–Crippen MR) is 112 cm³/mol. The number of anilines is 2. The highest BCUT2D eigenvalue weighted by Gasteiger charge is 2.21. The molecule has 6 heteroatoms. The molecule has 4 rings (SSSR count). The van der Waals surface area contributed by atoms with Gasteiger partial charge in [-0.05, 0) is 60.9 Å². The third kappa shape index (κ3) is 4.48. The van der Waals surface area contributed by atoms with Crippen LogP contribution in [0.5, 0.6) is 0 Å². The Kier molecular flexibility index (Phi) is 5.61. The van der Waals surface area contributed by atoms with Crippen LogP contribution in [0.2, 0.25) is 0 Å². The number of aryl methyl sites for hydroxylation is 1. The Hall–Kier alpha value is -3.54. The summed E-state index contributed by atoms with van der Waals surface area (Å²) >= 11 is 0. The summed E-state index contributed by atoms with van der Waals surface area (Å²) in [6, 6.07) is 18.7. The van der Waals surface area contributed by atoms with Gasteiger partial charge in [0.1, 0.15) is 5.76 Å². The molecule has 6 nitrogen and oxygen atoms in total. The second kappa shape index (κ2) is 8.65. The normalized spacial score (nSPS) is 12.9. The van der Waals surface area contributed by atoms with Crippen molar-refractivity contribution in [1.29, 1.82) is 0 Å². The van der Waals surface area contributed by atoms with Crippen molar-refractivity contribution in [3.05, 3.63) is 83.8 Å². The zero-order valence-corrected chi connectivity index (χ0v) is 16.1.